The van der Waals surface area contributed by atoms with E-state index in [1.165, 1.54) is 0 Å². The van der Waals surface area contributed by atoms with Gasteiger partial charge in [-0.1, -0.05) is 12.1 Å². The van der Waals surface area contributed by atoms with E-state index in [1.807, 2.05) is 60.9 Å². The monoisotopic (exact) mass is 355 g/mol. The van der Waals surface area contributed by atoms with Crippen molar-refractivity contribution in [3.8, 4) is 11.8 Å². The second-order valence-corrected chi connectivity index (χ2v) is 6.40. The molecule has 0 bridgehead atoms. The Hall–Kier alpha value is -3.72. The summed E-state index contributed by atoms with van der Waals surface area (Å²) < 4.78 is 1.97. The van der Waals surface area contributed by atoms with Crippen molar-refractivity contribution in [2.24, 2.45) is 0 Å². The second kappa shape index (κ2) is 6.54. The largest absolute Gasteiger partial charge is 0.340 e. The normalized spacial score (nSPS) is 12.0. The first-order chi connectivity index (χ1) is 13.1. The number of Topliss-reactive ketones (excluding diaryl/α,β-unsaturated/α-hetero) is 1. The van der Waals surface area contributed by atoms with E-state index in [9.17, 15) is 10.1 Å². The van der Waals surface area contributed by atoms with Gasteiger partial charge in [-0.3, -0.25) is 9.78 Å². The van der Waals surface area contributed by atoms with Crippen LogP contribution in [0.3, 0.4) is 0 Å². The Morgan fingerprint density at radius 3 is 2.74 bits per heavy atom. The van der Waals surface area contributed by atoms with Gasteiger partial charge in [0.2, 0.25) is 0 Å². The minimum Gasteiger partial charge on any atom is -0.340 e. The van der Waals surface area contributed by atoms with Crippen molar-refractivity contribution < 1.29 is 4.79 Å². The van der Waals surface area contributed by atoms with Crippen LogP contribution in [0, 0.1) is 25.2 Å². The van der Waals surface area contributed by atoms with Crippen molar-refractivity contribution in [2.75, 3.05) is 0 Å². The summed E-state index contributed by atoms with van der Waals surface area (Å²) in [7, 11) is 0. The molecule has 4 rings (SSSR count). The molecule has 1 aromatic carbocycles. The maximum Gasteiger partial charge on any atom is 0.189 e. The number of benzene rings is 1. The molecule has 1 N–H and O–H groups in total. The number of H-pyrrole nitrogens is 1. The van der Waals surface area contributed by atoms with E-state index in [0.717, 1.165) is 28.1 Å². The summed E-state index contributed by atoms with van der Waals surface area (Å²) in [4.78, 5) is 24.8. The molecule has 0 saturated heterocycles. The number of aryl methyl sites for hydroxylation is 1. The second-order valence-electron chi connectivity index (χ2n) is 6.40. The van der Waals surface area contributed by atoms with Gasteiger partial charge in [0.15, 0.2) is 11.7 Å². The summed E-state index contributed by atoms with van der Waals surface area (Å²) in [5.74, 6) is -0.880. The minimum atomic E-state index is -0.986. The number of carbonyl (C=O) groups is 1. The number of carbonyl (C=O) groups excluding carboxylic acids is 1. The van der Waals surface area contributed by atoms with Crippen LogP contribution in [-0.4, -0.2) is 25.3 Å². The third-order valence-electron chi connectivity index (χ3n) is 4.67. The Labute approximate surface area is 156 Å². The van der Waals surface area contributed by atoms with Gasteiger partial charge < -0.3 is 9.55 Å². The number of hydrogen-bond donors (Lipinski definition) is 1. The molecule has 0 amide bonds. The zero-order valence-corrected chi connectivity index (χ0v) is 15.0. The Morgan fingerprint density at radius 1 is 1.22 bits per heavy atom. The topological polar surface area (TPSA) is 87.4 Å². The number of para-hydroxylation sites is 2. The Bertz CT molecular complexity index is 1150. The minimum absolute atomic E-state index is 0.264. The molecule has 3 heterocycles. The molecule has 0 aliphatic heterocycles. The number of hydrogen-bond acceptors (Lipinski definition) is 4. The third-order valence-corrected chi connectivity index (χ3v) is 4.67. The number of rotatable bonds is 4. The van der Waals surface area contributed by atoms with Gasteiger partial charge in [0, 0.05) is 23.1 Å². The highest BCUT2D eigenvalue weighted by Crippen LogP contribution is 2.26. The van der Waals surface area contributed by atoms with E-state index >= 15 is 0 Å². The van der Waals surface area contributed by atoms with E-state index in [1.54, 1.807) is 12.4 Å². The maximum absolute atomic E-state index is 13.2. The van der Waals surface area contributed by atoms with Crippen LogP contribution in [-0.2, 0) is 0 Å². The fourth-order valence-electron chi connectivity index (χ4n) is 3.40. The summed E-state index contributed by atoms with van der Waals surface area (Å²) in [6.07, 6.45) is 3.45. The summed E-state index contributed by atoms with van der Waals surface area (Å²) >= 11 is 0. The maximum atomic E-state index is 13.2. The van der Waals surface area contributed by atoms with Gasteiger partial charge in [0.25, 0.3) is 0 Å². The highest BCUT2D eigenvalue weighted by molar-refractivity contribution is 6.04. The molecule has 3 aromatic heterocycles. The number of fused-ring (bicyclic) bond motifs is 1. The molecular weight excluding hydrogens is 338 g/mol. The molecule has 0 aliphatic rings. The molecule has 1 atom stereocenters. The lowest BCUT2D eigenvalue weighted by Gasteiger charge is -2.10. The molecule has 0 radical (unpaired) electrons. The standard InChI is InChI=1S/C21H17N5O/c1-13-10-16(14(2)26(13)15-6-5-9-23-12-15)20(27)17(11-22)21-24-18-7-3-4-8-19(18)25-21/h3-10,12,17H,1-2H3,(H,24,25)/t17-/m0/s1. The van der Waals surface area contributed by atoms with Crippen molar-refractivity contribution in [1.29, 1.82) is 5.26 Å². The molecule has 4 aromatic rings. The molecule has 0 unspecified atom stereocenters. The average Bonchev–Trinajstić information content (AvgIpc) is 3.23. The lowest BCUT2D eigenvalue weighted by molar-refractivity contribution is 0.0976. The Kier molecular flexibility index (Phi) is 4.05. The lowest BCUT2D eigenvalue weighted by atomic mass is 9.98. The van der Waals surface area contributed by atoms with Crippen LogP contribution in [0.15, 0.2) is 54.9 Å². The smallest absolute Gasteiger partial charge is 0.189 e. The van der Waals surface area contributed by atoms with E-state index in [2.05, 4.69) is 21.0 Å². The van der Waals surface area contributed by atoms with Crippen LogP contribution < -0.4 is 0 Å². The van der Waals surface area contributed by atoms with Gasteiger partial charge >= 0.3 is 0 Å². The SMILES string of the molecule is Cc1cc(C(=O)[C@H](C#N)c2nc3ccccc3[nH]2)c(C)n1-c1cccnc1. The molecule has 6 nitrogen and oxygen atoms in total. The number of ketones is 1. The molecule has 0 saturated carbocycles. The average molecular weight is 355 g/mol. The van der Waals surface area contributed by atoms with Gasteiger partial charge in [-0.2, -0.15) is 5.26 Å². The number of pyridine rings is 1. The molecule has 0 spiro atoms. The number of nitrogens with one attached hydrogen (secondary N) is 1. The van der Waals surface area contributed by atoms with Crippen LogP contribution in [0.5, 0.6) is 0 Å². The van der Waals surface area contributed by atoms with Gasteiger partial charge in [-0.25, -0.2) is 4.98 Å². The zero-order chi connectivity index (χ0) is 19.0. The van der Waals surface area contributed by atoms with E-state index in [4.69, 9.17) is 0 Å². The predicted molar refractivity (Wildman–Crippen MR) is 102 cm³/mol. The quantitative estimate of drug-likeness (QED) is 0.563. The van der Waals surface area contributed by atoms with Crippen molar-refractivity contribution in [2.45, 2.75) is 19.8 Å². The summed E-state index contributed by atoms with van der Waals surface area (Å²) in [6, 6.07) is 15.2. The summed E-state index contributed by atoms with van der Waals surface area (Å²) in [6.45, 7) is 3.81. The molecular formula is C21H17N5O. The van der Waals surface area contributed by atoms with E-state index < -0.39 is 5.92 Å². The number of nitrogens with zero attached hydrogens (tertiary/aromatic N) is 4. The third kappa shape index (κ3) is 2.79. The van der Waals surface area contributed by atoms with Crippen LogP contribution in [0.25, 0.3) is 16.7 Å². The molecule has 0 aliphatic carbocycles. The number of aromatic amines is 1. The highest BCUT2D eigenvalue weighted by atomic mass is 16.1. The van der Waals surface area contributed by atoms with Gasteiger partial charge in [0.1, 0.15) is 5.82 Å². The van der Waals surface area contributed by atoms with Gasteiger partial charge in [-0.05, 0) is 44.2 Å². The molecule has 6 heteroatoms. The van der Waals surface area contributed by atoms with E-state index in [0.29, 0.717) is 11.4 Å². The van der Waals surface area contributed by atoms with Crippen LogP contribution in [0.1, 0.15) is 33.5 Å². The van der Waals surface area contributed by atoms with Crippen LogP contribution in [0.4, 0.5) is 0 Å². The van der Waals surface area contributed by atoms with Crippen molar-refractivity contribution in [3.63, 3.8) is 0 Å². The molecule has 27 heavy (non-hydrogen) atoms. The fraction of sp³-hybridized carbons (Fsp3) is 0.143. The number of nitriles is 1. The summed E-state index contributed by atoms with van der Waals surface area (Å²) in [5, 5.41) is 9.67. The van der Waals surface area contributed by atoms with Crippen molar-refractivity contribution in [3.05, 3.63) is 77.6 Å². The van der Waals surface area contributed by atoms with Crippen LogP contribution in [0.2, 0.25) is 0 Å². The fourth-order valence-corrected chi connectivity index (χ4v) is 3.40. The molecule has 0 fully saturated rings. The van der Waals surface area contributed by atoms with Crippen molar-refractivity contribution in [1.82, 2.24) is 19.5 Å². The lowest BCUT2D eigenvalue weighted by Crippen LogP contribution is -2.14. The first kappa shape index (κ1) is 16.7. The van der Waals surface area contributed by atoms with Gasteiger partial charge in [-0.15, -0.1) is 0 Å². The summed E-state index contributed by atoms with van der Waals surface area (Å²) in [5.41, 5.74) is 4.63. The van der Waals surface area contributed by atoms with E-state index in [-0.39, 0.29) is 5.78 Å². The highest BCUT2D eigenvalue weighted by Gasteiger charge is 2.28. The van der Waals surface area contributed by atoms with Crippen molar-refractivity contribution >= 4 is 16.8 Å². The predicted octanol–water partition coefficient (Wildman–Crippen LogP) is 3.86. The number of imidazole rings is 1. The first-order valence-corrected chi connectivity index (χ1v) is 8.58. The zero-order valence-electron chi connectivity index (χ0n) is 15.0. The Balaban J connectivity index is 1.76. The van der Waals surface area contributed by atoms with Crippen LogP contribution >= 0.6 is 0 Å². The Morgan fingerprint density at radius 2 is 2.04 bits per heavy atom. The van der Waals surface area contributed by atoms with Gasteiger partial charge in [0.05, 0.1) is 29.0 Å². The first-order valence-electron chi connectivity index (χ1n) is 8.58. The number of aromatic nitrogens is 4. The molecule has 132 valence electrons.